The largest absolute Gasteiger partial charge is 0.351 e. The fourth-order valence-corrected chi connectivity index (χ4v) is 0.979. The van der Waals surface area contributed by atoms with Crippen molar-refractivity contribution in [2.45, 2.75) is 27.2 Å². The van der Waals surface area contributed by atoms with Crippen LogP contribution >= 0.6 is 0 Å². The van der Waals surface area contributed by atoms with Gasteiger partial charge in [-0.15, -0.1) is 0 Å². The molecule has 13 heavy (non-hydrogen) atoms. The molecule has 0 atom stereocenters. The van der Waals surface area contributed by atoms with E-state index in [-0.39, 0.29) is 5.91 Å². The molecule has 0 bridgehead atoms. The second-order valence-corrected chi connectivity index (χ2v) is 2.90. The molecule has 0 aliphatic carbocycles. The fourth-order valence-electron chi connectivity index (χ4n) is 0.979. The third-order valence-electron chi connectivity index (χ3n) is 1.71. The van der Waals surface area contributed by atoms with Gasteiger partial charge in [0.2, 0.25) is 5.91 Å². The van der Waals surface area contributed by atoms with Crippen LogP contribution in [0.25, 0.3) is 0 Å². The minimum Gasteiger partial charge on any atom is -0.351 e. The summed E-state index contributed by atoms with van der Waals surface area (Å²) in [5.74, 6) is 0.0414. The Morgan fingerprint density at radius 3 is 2.54 bits per heavy atom. The Morgan fingerprint density at radius 2 is 2.00 bits per heavy atom. The third kappa shape index (κ3) is 6.34. The summed E-state index contributed by atoms with van der Waals surface area (Å²) in [6.07, 6.45) is 2.84. The molecule has 3 heteroatoms. The molecule has 2 N–H and O–H groups in total. The standard InChI is InChI=1S/C10H20N2O/c1-4-6-9(3)10(13)12-8-7-11-5-2/h6,11H,4-5,7-8H2,1-3H3,(H,12,13). The first kappa shape index (κ1) is 12.2. The molecule has 0 aromatic carbocycles. The summed E-state index contributed by atoms with van der Waals surface area (Å²) in [5.41, 5.74) is 0.805. The van der Waals surface area contributed by atoms with E-state index in [1.54, 1.807) is 0 Å². The van der Waals surface area contributed by atoms with Crippen LogP contribution < -0.4 is 10.6 Å². The summed E-state index contributed by atoms with van der Waals surface area (Å²) in [6.45, 7) is 8.38. The van der Waals surface area contributed by atoms with Crippen molar-refractivity contribution in [3.05, 3.63) is 11.6 Å². The van der Waals surface area contributed by atoms with Gasteiger partial charge in [0.25, 0.3) is 0 Å². The van der Waals surface area contributed by atoms with Gasteiger partial charge in [-0.2, -0.15) is 0 Å². The first-order valence-corrected chi connectivity index (χ1v) is 4.88. The lowest BCUT2D eigenvalue weighted by molar-refractivity contribution is -0.117. The lowest BCUT2D eigenvalue weighted by Gasteiger charge is -2.05. The summed E-state index contributed by atoms with van der Waals surface area (Å²) in [6, 6.07) is 0. The molecule has 0 saturated carbocycles. The van der Waals surface area contributed by atoms with Crippen LogP contribution in [0.2, 0.25) is 0 Å². The fraction of sp³-hybridized carbons (Fsp3) is 0.700. The van der Waals surface area contributed by atoms with Crippen molar-refractivity contribution in [3.63, 3.8) is 0 Å². The predicted octanol–water partition coefficient (Wildman–Crippen LogP) is 1.07. The molecule has 0 unspecified atom stereocenters. The molecule has 0 saturated heterocycles. The van der Waals surface area contributed by atoms with Gasteiger partial charge in [-0.3, -0.25) is 4.79 Å². The van der Waals surface area contributed by atoms with Crippen LogP contribution in [0.5, 0.6) is 0 Å². The highest BCUT2D eigenvalue weighted by Gasteiger charge is 2.00. The number of hydrogen-bond acceptors (Lipinski definition) is 2. The monoisotopic (exact) mass is 184 g/mol. The Balaban J connectivity index is 3.56. The summed E-state index contributed by atoms with van der Waals surface area (Å²) < 4.78 is 0. The van der Waals surface area contributed by atoms with Crippen molar-refractivity contribution in [1.29, 1.82) is 0 Å². The van der Waals surface area contributed by atoms with E-state index >= 15 is 0 Å². The highest BCUT2D eigenvalue weighted by Crippen LogP contribution is 1.93. The van der Waals surface area contributed by atoms with Gasteiger partial charge in [-0.25, -0.2) is 0 Å². The highest BCUT2D eigenvalue weighted by atomic mass is 16.1. The molecule has 0 spiro atoms. The Bertz CT molecular complexity index is 176. The number of hydrogen-bond donors (Lipinski definition) is 2. The van der Waals surface area contributed by atoms with Crippen molar-refractivity contribution in [3.8, 4) is 0 Å². The number of likely N-dealkylation sites (N-methyl/N-ethyl adjacent to an activating group) is 1. The average molecular weight is 184 g/mol. The normalized spacial score (nSPS) is 11.5. The SMILES string of the molecule is CCC=C(C)C(=O)NCCNCC. The smallest absolute Gasteiger partial charge is 0.246 e. The lowest BCUT2D eigenvalue weighted by atomic mass is 10.2. The van der Waals surface area contributed by atoms with E-state index < -0.39 is 0 Å². The molecular weight excluding hydrogens is 164 g/mol. The zero-order chi connectivity index (χ0) is 10.1. The maximum absolute atomic E-state index is 11.3. The van der Waals surface area contributed by atoms with Crippen LogP contribution in [-0.2, 0) is 4.79 Å². The maximum atomic E-state index is 11.3. The zero-order valence-electron chi connectivity index (χ0n) is 8.81. The van der Waals surface area contributed by atoms with Gasteiger partial charge in [0.05, 0.1) is 0 Å². The van der Waals surface area contributed by atoms with Crippen LogP contribution in [0, 0.1) is 0 Å². The number of nitrogens with one attached hydrogen (secondary N) is 2. The topological polar surface area (TPSA) is 41.1 Å². The summed E-state index contributed by atoms with van der Waals surface area (Å²) >= 11 is 0. The third-order valence-corrected chi connectivity index (χ3v) is 1.71. The molecule has 0 radical (unpaired) electrons. The van der Waals surface area contributed by atoms with E-state index in [1.807, 2.05) is 26.8 Å². The van der Waals surface area contributed by atoms with Crippen molar-refractivity contribution in [2.24, 2.45) is 0 Å². The molecule has 0 heterocycles. The first-order chi connectivity index (χ1) is 6.22. The average Bonchev–Trinajstić information content (AvgIpc) is 2.12. The summed E-state index contributed by atoms with van der Waals surface area (Å²) in [7, 11) is 0. The molecule has 0 fully saturated rings. The van der Waals surface area contributed by atoms with Gasteiger partial charge in [-0.1, -0.05) is 19.9 Å². The van der Waals surface area contributed by atoms with Crippen LogP contribution in [0.15, 0.2) is 11.6 Å². The number of carbonyl (C=O) groups excluding carboxylic acids is 1. The zero-order valence-corrected chi connectivity index (χ0v) is 8.81. The number of rotatable bonds is 6. The van der Waals surface area contributed by atoms with Gasteiger partial charge in [0, 0.05) is 18.7 Å². The maximum Gasteiger partial charge on any atom is 0.246 e. The van der Waals surface area contributed by atoms with Crippen molar-refractivity contribution < 1.29 is 4.79 Å². The highest BCUT2D eigenvalue weighted by molar-refractivity contribution is 5.92. The van der Waals surface area contributed by atoms with Crippen molar-refractivity contribution >= 4 is 5.91 Å². The lowest BCUT2D eigenvalue weighted by Crippen LogP contribution is -2.32. The van der Waals surface area contributed by atoms with Crippen molar-refractivity contribution in [1.82, 2.24) is 10.6 Å². The Hall–Kier alpha value is -0.830. The molecule has 76 valence electrons. The molecule has 3 nitrogen and oxygen atoms in total. The molecule has 0 rings (SSSR count). The number of amides is 1. The first-order valence-electron chi connectivity index (χ1n) is 4.88. The minimum atomic E-state index is 0.0414. The van der Waals surface area contributed by atoms with Crippen LogP contribution in [0.3, 0.4) is 0 Å². The van der Waals surface area contributed by atoms with Gasteiger partial charge in [-0.05, 0) is 19.9 Å². The van der Waals surface area contributed by atoms with Gasteiger partial charge >= 0.3 is 0 Å². The second-order valence-electron chi connectivity index (χ2n) is 2.90. The molecule has 0 aromatic heterocycles. The predicted molar refractivity (Wildman–Crippen MR) is 55.6 cm³/mol. The molecule has 0 aliphatic rings. The Labute approximate surface area is 80.6 Å². The number of carbonyl (C=O) groups is 1. The quantitative estimate of drug-likeness (QED) is 0.479. The van der Waals surface area contributed by atoms with E-state index in [2.05, 4.69) is 10.6 Å². The second kappa shape index (κ2) is 7.80. The van der Waals surface area contributed by atoms with Gasteiger partial charge in [0.15, 0.2) is 0 Å². The number of allylic oxidation sites excluding steroid dienone is 1. The van der Waals surface area contributed by atoms with E-state index in [1.165, 1.54) is 0 Å². The molecule has 0 aromatic rings. The van der Waals surface area contributed by atoms with Crippen molar-refractivity contribution in [2.75, 3.05) is 19.6 Å². The molecular formula is C10H20N2O. The minimum absolute atomic E-state index is 0.0414. The van der Waals surface area contributed by atoms with Gasteiger partial charge < -0.3 is 10.6 Å². The van der Waals surface area contributed by atoms with E-state index in [4.69, 9.17) is 0 Å². The molecule has 0 aliphatic heterocycles. The van der Waals surface area contributed by atoms with E-state index in [9.17, 15) is 4.79 Å². The summed E-state index contributed by atoms with van der Waals surface area (Å²) in [4.78, 5) is 11.3. The van der Waals surface area contributed by atoms with Gasteiger partial charge in [0.1, 0.15) is 0 Å². The summed E-state index contributed by atoms with van der Waals surface area (Å²) in [5, 5.41) is 5.97. The molecule has 1 amide bonds. The van der Waals surface area contributed by atoms with Crippen LogP contribution in [-0.4, -0.2) is 25.5 Å². The van der Waals surface area contributed by atoms with Crippen LogP contribution in [0.4, 0.5) is 0 Å². The Kier molecular flexibility index (Phi) is 7.30. The van der Waals surface area contributed by atoms with E-state index in [0.29, 0.717) is 6.54 Å². The Morgan fingerprint density at radius 1 is 1.31 bits per heavy atom. The van der Waals surface area contributed by atoms with E-state index in [0.717, 1.165) is 25.1 Å². The van der Waals surface area contributed by atoms with Crippen LogP contribution in [0.1, 0.15) is 27.2 Å².